The zero-order valence-electron chi connectivity index (χ0n) is 14.3. The second-order valence-electron chi connectivity index (χ2n) is 5.80. The standard InChI is InChI=1S/C15H31N3O2S.HI/c1-5-16-14(18-12-15(2,3)21-4)17-8-6-9-20-13-7-10-19-11-13;/h13H,5-12H2,1-4H3,(H2,16,17,18);1H. The van der Waals surface area contributed by atoms with E-state index >= 15 is 0 Å². The Hall–Kier alpha value is 0.270. The molecule has 0 saturated carbocycles. The monoisotopic (exact) mass is 445 g/mol. The van der Waals surface area contributed by atoms with Crippen LogP contribution in [0, 0.1) is 0 Å². The summed E-state index contributed by atoms with van der Waals surface area (Å²) in [6.07, 6.45) is 4.43. The molecule has 1 unspecified atom stereocenters. The maximum Gasteiger partial charge on any atom is 0.191 e. The molecule has 1 aliphatic heterocycles. The van der Waals surface area contributed by atoms with E-state index in [1.807, 2.05) is 11.8 Å². The Labute approximate surface area is 156 Å². The van der Waals surface area contributed by atoms with E-state index < -0.39 is 0 Å². The molecule has 0 aliphatic carbocycles. The summed E-state index contributed by atoms with van der Waals surface area (Å²) in [5.74, 6) is 0.892. The van der Waals surface area contributed by atoms with E-state index in [0.717, 1.165) is 58.3 Å². The van der Waals surface area contributed by atoms with E-state index in [0.29, 0.717) is 6.10 Å². The highest BCUT2D eigenvalue weighted by atomic mass is 127. The van der Waals surface area contributed by atoms with Crippen LogP contribution in [-0.2, 0) is 9.47 Å². The number of rotatable bonds is 9. The van der Waals surface area contributed by atoms with Gasteiger partial charge in [-0.05, 0) is 39.9 Å². The molecule has 0 aromatic heterocycles. The third-order valence-electron chi connectivity index (χ3n) is 3.37. The second-order valence-corrected chi connectivity index (χ2v) is 7.31. The molecule has 1 atom stereocenters. The second kappa shape index (κ2) is 12.7. The minimum Gasteiger partial charge on any atom is -0.379 e. The average Bonchev–Trinajstić information content (AvgIpc) is 2.97. The maximum atomic E-state index is 5.75. The van der Waals surface area contributed by atoms with Crippen LogP contribution in [0.5, 0.6) is 0 Å². The molecular formula is C15H32IN3O2S. The van der Waals surface area contributed by atoms with Crippen LogP contribution in [0.1, 0.15) is 33.6 Å². The van der Waals surface area contributed by atoms with Crippen molar-refractivity contribution in [2.75, 3.05) is 45.7 Å². The summed E-state index contributed by atoms with van der Waals surface area (Å²) in [6.45, 7) is 11.4. The minimum atomic E-state index is 0. The van der Waals surface area contributed by atoms with Gasteiger partial charge in [0.05, 0.1) is 19.3 Å². The summed E-state index contributed by atoms with van der Waals surface area (Å²) in [6, 6.07) is 0. The first-order valence-electron chi connectivity index (χ1n) is 7.84. The molecule has 1 aliphatic rings. The first-order valence-corrected chi connectivity index (χ1v) is 9.06. The van der Waals surface area contributed by atoms with Crippen molar-refractivity contribution in [1.29, 1.82) is 0 Å². The smallest absolute Gasteiger partial charge is 0.191 e. The van der Waals surface area contributed by atoms with Gasteiger partial charge in [-0.15, -0.1) is 24.0 Å². The lowest BCUT2D eigenvalue weighted by atomic mass is 10.2. The Morgan fingerprint density at radius 3 is 2.77 bits per heavy atom. The zero-order valence-corrected chi connectivity index (χ0v) is 17.5. The normalized spacial score (nSPS) is 18.9. The number of thioether (sulfide) groups is 1. The van der Waals surface area contributed by atoms with Crippen LogP contribution in [0.15, 0.2) is 4.99 Å². The highest BCUT2D eigenvalue weighted by molar-refractivity contribution is 14.0. The first-order chi connectivity index (χ1) is 10.1. The van der Waals surface area contributed by atoms with Gasteiger partial charge in [0.2, 0.25) is 0 Å². The van der Waals surface area contributed by atoms with Crippen molar-refractivity contribution in [3.05, 3.63) is 0 Å². The lowest BCUT2D eigenvalue weighted by Gasteiger charge is -2.20. The summed E-state index contributed by atoms with van der Waals surface area (Å²) in [4.78, 5) is 4.64. The molecule has 0 bridgehead atoms. The van der Waals surface area contributed by atoms with Crippen molar-refractivity contribution in [2.45, 2.75) is 44.5 Å². The molecule has 0 aromatic carbocycles. The Bertz CT molecular complexity index is 311. The molecule has 1 rings (SSSR count). The Morgan fingerprint density at radius 1 is 1.41 bits per heavy atom. The fourth-order valence-corrected chi connectivity index (χ4v) is 2.04. The summed E-state index contributed by atoms with van der Waals surface area (Å²) < 4.78 is 11.2. The van der Waals surface area contributed by atoms with E-state index in [9.17, 15) is 0 Å². The molecule has 7 heteroatoms. The van der Waals surface area contributed by atoms with Gasteiger partial charge in [-0.2, -0.15) is 11.8 Å². The average molecular weight is 445 g/mol. The van der Waals surface area contributed by atoms with E-state index in [1.54, 1.807) is 0 Å². The SMILES string of the molecule is CCNC(=NCC(C)(C)SC)NCCCOC1CCOC1.I. The number of aliphatic imine (C=N–C) groups is 1. The summed E-state index contributed by atoms with van der Waals surface area (Å²) in [5.41, 5.74) is 0. The predicted octanol–water partition coefficient (Wildman–Crippen LogP) is 2.50. The van der Waals surface area contributed by atoms with Crippen molar-refractivity contribution in [3.63, 3.8) is 0 Å². The van der Waals surface area contributed by atoms with Gasteiger partial charge in [-0.25, -0.2) is 0 Å². The number of ether oxygens (including phenoxy) is 2. The van der Waals surface area contributed by atoms with Gasteiger partial charge in [-0.3, -0.25) is 4.99 Å². The van der Waals surface area contributed by atoms with Gasteiger partial charge >= 0.3 is 0 Å². The third-order valence-corrected chi connectivity index (χ3v) is 4.60. The fraction of sp³-hybridized carbons (Fsp3) is 0.933. The zero-order chi connectivity index (χ0) is 15.6. The first kappa shape index (κ1) is 22.3. The number of hydrogen-bond acceptors (Lipinski definition) is 4. The van der Waals surface area contributed by atoms with E-state index in [1.165, 1.54) is 0 Å². The quantitative estimate of drug-likeness (QED) is 0.247. The Balaban J connectivity index is 0.00000441. The highest BCUT2D eigenvalue weighted by Gasteiger charge is 2.16. The maximum absolute atomic E-state index is 5.75. The molecule has 0 radical (unpaired) electrons. The van der Waals surface area contributed by atoms with Gasteiger partial charge in [0.25, 0.3) is 0 Å². The van der Waals surface area contributed by atoms with Crippen molar-refractivity contribution in [2.24, 2.45) is 4.99 Å². The van der Waals surface area contributed by atoms with E-state index in [-0.39, 0.29) is 28.7 Å². The summed E-state index contributed by atoms with van der Waals surface area (Å²) >= 11 is 1.84. The number of nitrogens with one attached hydrogen (secondary N) is 2. The van der Waals surface area contributed by atoms with Crippen LogP contribution in [0.2, 0.25) is 0 Å². The molecule has 1 fully saturated rings. The molecule has 2 N–H and O–H groups in total. The topological polar surface area (TPSA) is 54.9 Å². The van der Waals surface area contributed by atoms with E-state index in [2.05, 4.69) is 42.7 Å². The van der Waals surface area contributed by atoms with Crippen LogP contribution in [-0.4, -0.2) is 62.5 Å². The van der Waals surface area contributed by atoms with Crippen LogP contribution in [0.25, 0.3) is 0 Å². The van der Waals surface area contributed by atoms with Gasteiger partial charge in [0, 0.05) is 31.1 Å². The fourth-order valence-electron chi connectivity index (χ4n) is 1.85. The van der Waals surface area contributed by atoms with Crippen LogP contribution >= 0.6 is 35.7 Å². The van der Waals surface area contributed by atoms with Crippen molar-refractivity contribution >= 4 is 41.7 Å². The molecule has 0 spiro atoms. The van der Waals surface area contributed by atoms with E-state index in [4.69, 9.17) is 9.47 Å². The predicted molar refractivity (Wildman–Crippen MR) is 107 cm³/mol. The highest BCUT2D eigenvalue weighted by Crippen LogP contribution is 2.20. The Kier molecular flexibility index (Phi) is 12.8. The lowest BCUT2D eigenvalue weighted by molar-refractivity contribution is 0.0420. The van der Waals surface area contributed by atoms with Crippen molar-refractivity contribution < 1.29 is 9.47 Å². The molecule has 132 valence electrons. The molecule has 1 heterocycles. The number of halogens is 1. The summed E-state index contributed by atoms with van der Waals surface area (Å²) in [5, 5.41) is 6.64. The van der Waals surface area contributed by atoms with Crippen LogP contribution in [0.4, 0.5) is 0 Å². The van der Waals surface area contributed by atoms with Crippen LogP contribution in [0.3, 0.4) is 0 Å². The largest absolute Gasteiger partial charge is 0.379 e. The van der Waals surface area contributed by atoms with Crippen molar-refractivity contribution in [1.82, 2.24) is 10.6 Å². The number of hydrogen-bond donors (Lipinski definition) is 2. The Morgan fingerprint density at radius 2 is 2.18 bits per heavy atom. The number of guanidine groups is 1. The molecule has 0 amide bonds. The van der Waals surface area contributed by atoms with Gasteiger partial charge in [-0.1, -0.05) is 0 Å². The van der Waals surface area contributed by atoms with Gasteiger partial charge < -0.3 is 20.1 Å². The van der Waals surface area contributed by atoms with Crippen molar-refractivity contribution in [3.8, 4) is 0 Å². The molecule has 1 saturated heterocycles. The van der Waals surface area contributed by atoms with Gasteiger partial charge in [0.1, 0.15) is 0 Å². The number of nitrogens with zero attached hydrogens (tertiary/aromatic N) is 1. The lowest BCUT2D eigenvalue weighted by Crippen LogP contribution is -2.39. The molecule has 22 heavy (non-hydrogen) atoms. The minimum absolute atomic E-state index is 0. The molecular weight excluding hydrogens is 413 g/mol. The molecule has 5 nitrogen and oxygen atoms in total. The summed E-state index contributed by atoms with van der Waals surface area (Å²) in [7, 11) is 0. The van der Waals surface area contributed by atoms with Crippen LogP contribution < -0.4 is 10.6 Å². The van der Waals surface area contributed by atoms with Gasteiger partial charge in [0.15, 0.2) is 5.96 Å². The molecule has 0 aromatic rings. The third kappa shape index (κ3) is 10.1.